The second kappa shape index (κ2) is 11.9. The number of hydrogen-bond acceptors (Lipinski definition) is 5. The van der Waals surface area contributed by atoms with Crippen LogP contribution in [-0.4, -0.2) is 61.3 Å². The van der Waals surface area contributed by atoms with Gasteiger partial charge in [0.25, 0.3) is 0 Å². The first-order chi connectivity index (χ1) is 14.6. The lowest BCUT2D eigenvalue weighted by molar-refractivity contribution is -0.0508. The third-order valence-electron chi connectivity index (χ3n) is 5.57. The molecule has 1 aromatic carbocycles. The number of ether oxygens (including phenoxy) is 2. The molecule has 3 rings (SSSR count). The Labute approximate surface area is 177 Å². The predicted molar refractivity (Wildman–Crippen MR) is 112 cm³/mol. The van der Waals surface area contributed by atoms with Gasteiger partial charge < -0.3 is 14.4 Å². The lowest BCUT2D eigenvalue weighted by Crippen LogP contribution is -2.39. The SMILES string of the molecule is COCCN1CCC(CN(Cc2ccncc2)Cc2ccccc2OC(F)F)CC1. The highest BCUT2D eigenvalue weighted by atomic mass is 19.3. The van der Waals surface area contributed by atoms with Crippen LogP contribution in [0.2, 0.25) is 0 Å². The van der Waals surface area contributed by atoms with Gasteiger partial charge in [0.2, 0.25) is 0 Å². The molecule has 1 aromatic heterocycles. The molecule has 0 bridgehead atoms. The Bertz CT molecular complexity index is 740. The number of halogens is 2. The molecule has 0 atom stereocenters. The molecule has 0 amide bonds. The number of benzene rings is 1. The zero-order valence-corrected chi connectivity index (χ0v) is 17.6. The van der Waals surface area contributed by atoms with Gasteiger partial charge in [-0.25, -0.2) is 0 Å². The molecule has 1 saturated heterocycles. The highest BCUT2D eigenvalue weighted by Crippen LogP contribution is 2.25. The monoisotopic (exact) mass is 419 g/mol. The van der Waals surface area contributed by atoms with Crippen molar-refractivity contribution in [3.63, 3.8) is 0 Å². The Hall–Kier alpha value is -2.09. The summed E-state index contributed by atoms with van der Waals surface area (Å²) in [6.45, 7) is 3.29. The van der Waals surface area contributed by atoms with E-state index in [4.69, 9.17) is 9.47 Å². The van der Waals surface area contributed by atoms with Gasteiger partial charge in [-0.2, -0.15) is 8.78 Å². The van der Waals surface area contributed by atoms with Gasteiger partial charge >= 0.3 is 6.61 Å². The number of aromatic nitrogens is 1. The third kappa shape index (κ3) is 7.31. The van der Waals surface area contributed by atoms with E-state index in [1.165, 1.54) is 0 Å². The van der Waals surface area contributed by atoms with Crippen molar-refractivity contribution in [1.82, 2.24) is 14.8 Å². The van der Waals surface area contributed by atoms with E-state index >= 15 is 0 Å². The van der Waals surface area contributed by atoms with Crippen molar-refractivity contribution in [2.45, 2.75) is 32.5 Å². The second-order valence-electron chi connectivity index (χ2n) is 7.79. The van der Waals surface area contributed by atoms with Crippen LogP contribution in [0.4, 0.5) is 8.78 Å². The number of para-hydroxylation sites is 1. The van der Waals surface area contributed by atoms with Crippen LogP contribution in [0.5, 0.6) is 5.75 Å². The molecule has 2 aromatic rings. The Balaban J connectivity index is 1.66. The summed E-state index contributed by atoms with van der Waals surface area (Å²) in [6.07, 6.45) is 5.84. The lowest BCUT2D eigenvalue weighted by atomic mass is 9.95. The van der Waals surface area contributed by atoms with Crippen LogP contribution in [0.3, 0.4) is 0 Å². The maximum atomic E-state index is 12.8. The number of alkyl halides is 2. The quantitative estimate of drug-likeness (QED) is 0.550. The van der Waals surface area contributed by atoms with Gasteiger partial charge in [-0.05, 0) is 55.6 Å². The standard InChI is InChI=1S/C23H31F2N3O2/c1-29-15-14-27-12-8-20(9-13-27)17-28(16-19-6-10-26-11-7-19)18-21-4-2-3-5-22(21)30-23(24)25/h2-7,10-11,20,23H,8-9,12-18H2,1H3. The van der Waals surface area contributed by atoms with Crippen molar-refractivity contribution >= 4 is 0 Å². The molecule has 2 heterocycles. The minimum Gasteiger partial charge on any atom is -0.434 e. The summed E-state index contributed by atoms with van der Waals surface area (Å²) < 4.78 is 35.6. The van der Waals surface area contributed by atoms with E-state index in [1.807, 2.05) is 24.3 Å². The van der Waals surface area contributed by atoms with Crippen LogP contribution in [0.15, 0.2) is 48.8 Å². The number of piperidine rings is 1. The van der Waals surface area contributed by atoms with E-state index in [0.717, 1.165) is 63.3 Å². The van der Waals surface area contributed by atoms with Gasteiger partial charge in [0.05, 0.1) is 6.61 Å². The summed E-state index contributed by atoms with van der Waals surface area (Å²) in [4.78, 5) is 8.87. The Morgan fingerprint density at radius 1 is 1.10 bits per heavy atom. The summed E-state index contributed by atoms with van der Waals surface area (Å²) in [5.41, 5.74) is 1.94. The van der Waals surface area contributed by atoms with Crippen LogP contribution in [0.1, 0.15) is 24.0 Å². The molecular formula is C23H31F2N3O2. The molecule has 0 radical (unpaired) electrons. The van der Waals surface area contributed by atoms with Gasteiger partial charge in [0.15, 0.2) is 0 Å². The fourth-order valence-corrected chi connectivity index (χ4v) is 4.00. The molecule has 30 heavy (non-hydrogen) atoms. The van der Waals surface area contributed by atoms with Crippen molar-refractivity contribution in [3.05, 3.63) is 59.9 Å². The zero-order chi connectivity index (χ0) is 21.2. The fraction of sp³-hybridized carbons (Fsp3) is 0.522. The smallest absolute Gasteiger partial charge is 0.387 e. The first kappa shape index (κ1) is 22.6. The number of hydrogen-bond donors (Lipinski definition) is 0. The maximum absolute atomic E-state index is 12.8. The minimum atomic E-state index is -2.82. The molecule has 0 unspecified atom stereocenters. The summed E-state index contributed by atoms with van der Waals surface area (Å²) in [5, 5.41) is 0. The average Bonchev–Trinajstić information content (AvgIpc) is 2.75. The number of likely N-dealkylation sites (tertiary alicyclic amines) is 1. The lowest BCUT2D eigenvalue weighted by Gasteiger charge is -2.35. The maximum Gasteiger partial charge on any atom is 0.387 e. The summed E-state index contributed by atoms with van der Waals surface area (Å²) in [7, 11) is 1.74. The number of rotatable bonds is 11. The van der Waals surface area contributed by atoms with E-state index in [-0.39, 0.29) is 5.75 Å². The van der Waals surface area contributed by atoms with Crippen molar-refractivity contribution < 1.29 is 18.3 Å². The molecule has 1 aliphatic heterocycles. The van der Waals surface area contributed by atoms with Crippen LogP contribution in [-0.2, 0) is 17.8 Å². The van der Waals surface area contributed by atoms with Crippen LogP contribution < -0.4 is 4.74 Å². The molecular weight excluding hydrogens is 388 g/mol. The highest BCUT2D eigenvalue weighted by molar-refractivity contribution is 5.33. The molecule has 164 valence electrons. The van der Waals surface area contributed by atoms with Gasteiger partial charge in [-0.3, -0.25) is 9.88 Å². The Morgan fingerprint density at radius 2 is 1.83 bits per heavy atom. The first-order valence-corrected chi connectivity index (χ1v) is 10.5. The highest BCUT2D eigenvalue weighted by Gasteiger charge is 2.22. The zero-order valence-electron chi connectivity index (χ0n) is 17.6. The van der Waals surface area contributed by atoms with Crippen LogP contribution in [0, 0.1) is 5.92 Å². The molecule has 0 saturated carbocycles. The summed E-state index contributed by atoms with van der Waals surface area (Å²) in [5.74, 6) is 0.829. The molecule has 5 nitrogen and oxygen atoms in total. The molecule has 1 aliphatic rings. The third-order valence-corrected chi connectivity index (χ3v) is 5.57. The fourth-order valence-electron chi connectivity index (χ4n) is 4.00. The molecule has 0 spiro atoms. The van der Waals surface area contributed by atoms with Crippen molar-refractivity contribution in [1.29, 1.82) is 0 Å². The topological polar surface area (TPSA) is 37.8 Å². The first-order valence-electron chi connectivity index (χ1n) is 10.5. The van der Waals surface area contributed by atoms with Gasteiger partial charge in [0, 0.05) is 51.2 Å². The van der Waals surface area contributed by atoms with Gasteiger partial charge in [0.1, 0.15) is 5.75 Å². The van der Waals surface area contributed by atoms with E-state index < -0.39 is 6.61 Å². The van der Waals surface area contributed by atoms with E-state index in [1.54, 1.807) is 31.6 Å². The predicted octanol–water partition coefficient (Wildman–Crippen LogP) is 4.04. The second-order valence-corrected chi connectivity index (χ2v) is 7.79. The average molecular weight is 420 g/mol. The van der Waals surface area contributed by atoms with Crippen molar-refractivity contribution in [3.8, 4) is 5.75 Å². The Morgan fingerprint density at radius 3 is 2.53 bits per heavy atom. The van der Waals surface area contributed by atoms with Gasteiger partial charge in [-0.15, -0.1) is 0 Å². The molecule has 0 aliphatic carbocycles. The van der Waals surface area contributed by atoms with Crippen LogP contribution >= 0.6 is 0 Å². The van der Waals surface area contributed by atoms with Crippen molar-refractivity contribution in [2.75, 3.05) is 39.9 Å². The molecule has 7 heteroatoms. The van der Waals surface area contributed by atoms with E-state index in [0.29, 0.717) is 12.5 Å². The summed E-state index contributed by atoms with van der Waals surface area (Å²) >= 11 is 0. The van der Waals surface area contributed by atoms with Crippen molar-refractivity contribution in [2.24, 2.45) is 5.92 Å². The number of nitrogens with zero attached hydrogens (tertiary/aromatic N) is 3. The Kier molecular flexibility index (Phi) is 8.99. The number of pyridine rings is 1. The summed E-state index contributed by atoms with van der Waals surface area (Å²) in [6, 6.07) is 11.1. The van der Waals surface area contributed by atoms with Gasteiger partial charge in [-0.1, -0.05) is 18.2 Å². The minimum absolute atomic E-state index is 0.251. The molecule has 0 N–H and O–H groups in total. The van der Waals surface area contributed by atoms with Crippen LogP contribution in [0.25, 0.3) is 0 Å². The number of methoxy groups -OCH3 is 1. The molecule has 1 fully saturated rings. The van der Waals surface area contributed by atoms with E-state index in [2.05, 4.69) is 14.8 Å². The largest absolute Gasteiger partial charge is 0.434 e. The normalized spacial score (nSPS) is 15.8. The van der Waals surface area contributed by atoms with E-state index in [9.17, 15) is 8.78 Å².